The summed E-state index contributed by atoms with van der Waals surface area (Å²) in [4.78, 5) is 4.27. The van der Waals surface area contributed by atoms with E-state index in [1.165, 1.54) is 12.1 Å². The summed E-state index contributed by atoms with van der Waals surface area (Å²) < 4.78 is 12.7. The fourth-order valence-corrected chi connectivity index (χ4v) is 1.47. The number of halogens is 1. The van der Waals surface area contributed by atoms with Crippen molar-refractivity contribution in [3.8, 4) is 0 Å². The van der Waals surface area contributed by atoms with E-state index in [4.69, 9.17) is 5.73 Å². The first-order valence-electron chi connectivity index (χ1n) is 5.35. The molecular weight excluding hydrogens is 215 g/mol. The van der Waals surface area contributed by atoms with Gasteiger partial charge in [0.1, 0.15) is 11.7 Å². The van der Waals surface area contributed by atoms with Gasteiger partial charge in [0.25, 0.3) is 0 Å². The van der Waals surface area contributed by atoms with Gasteiger partial charge in [0.05, 0.1) is 6.54 Å². The van der Waals surface area contributed by atoms with Crippen molar-refractivity contribution in [2.75, 3.05) is 0 Å². The average molecular weight is 228 g/mol. The Kier molecular flexibility index (Phi) is 3.50. The van der Waals surface area contributed by atoms with Gasteiger partial charge in [-0.05, 0) is 29.8 Å². The topological polar surface area (TPSA) is 38.4 Å². The molecule has 2 aromatic rings. The van der Waals surface area contributed by atoms with Crippen molar-refractivity contribution >= 4 is 5.84 Å². The maximum absolute atomic E-state index is 12.7. The lowest BCUT2D eigenvalue weighted by atomic mass is 10.2. The minimum Gasteiger partial charge on any atom is -0.383 e. The first-order valence-corrected chi connectivity index (χ1v) is 5.35. The van der Waals surface area contributed by atoms with E-state index in [1.807, 2.05) is 30.3 Å². The van der Waals surface area contributed by atoms with Gasteiger partial charge < -0.3 is 5.73 Å². The van der Waals surface area contributed by atoms with E-state index in [0.717, 1.165) is 11.1 Å². The first kappa shape index (κ1) is 11.3. The van der Waals surface area contributed by atoms with Crippen molar-refractivity contribution in [2.24, 2.45) is 10.7 Å². The molecule has 0 aliphatic carbocycles. The lowest BCUT2D eigenvalue weighted by Gasteiger charge is -2.01. The second-order valence-corrected chi connectivity index (χ2v) is 3.69. The van der Waals surface area contributed by atoms with E-state index in [0.29, 0.717) is 12.4 Å². The summed E-state index contributed by atoms with van der Waals surface area (Å²) in [6, 6.07) is 15.8. The van der Waals surface area contributed by atoms with Crippen molar-refractivity contribution < 1.29 is 4.39 Å². The van der Waals surface area contributed by atoms with Gasteiger partial charge in [-0.25, -0.2) is 4.39 Å². The second-order valence-electron chi connectivity index (χ2n) is 3.69. The third kappa shape index (κ3) is 3.14. The zero-order valence-electron chi connectivity index (χ0n) is 9.31. The molecule has 0 aliphatic rings. The molecule has 17 heavy (non-hydrogen) atoms. The van der Waals surface area contributed by atoms with Crippen LogP contribution in [0.25, 0.3) is 0 Å². The van der Waals surface area contributed by atoms with Crippen LogP contribution >= 0.6 is 0 Å². The van der Waals surface area contributed by atoms with Crippen LogP contribution in [0.4, 0.5) is 4.39 Å². The zero-order valence-corrected chi connectivity index (χ0v) is 9.31. The van der Waals surface area contributed by atoms with Gasteiger partial charge in [0.15, 0.2) is 0 Å². The van der Waals surface area contributed by atoms with Crippen LogP contribution in [0.2, 0.25) is 0 Å². The third-order valence-corrected chi connectivity index (χ3v) is 2.41. The summed E-state index contributed by atoms with van der Waals surface area (Å²) in [5, 5.41) is 0. The summed E-state index contributed by atoms with van der Waals surface area (Å²) in [6.45, 7) is 0.532. The summed E-state index contributed by atoms with van der Waals surface area (Å²) in [5.74, 6) is 0.151. The Bertz CT molecular complexity index is 504. The van der Waals surface area contributed by atoms with E-state index < -0.39 is 0 Å². The Balaban J connectivity index is 2.10. The molecule has 0 spiro atoms. The highest BCUT2D eigenvalue weighted by molar-refractivity contribution is 5.97. The number of nitrogens with two attached hydrogens (primary N) is 1. The van der Waals surface area contributed by atoms with Gasteiger partial charge >= 0.3 is 0 Å². The molecule has 2 nitrogen and oxygen atoms in total. The maximum Gasteiger partial charge on any atom is 0.125 e. The molecule has 0 aliphatic heterocycles. The molecule has 2 N–H and O–H groups in total. The molecule has 2 aromatic carbocycles. The van der Waals surface area contributed by atoms with Gasteiger partial charge in [0, 0.05) is 5.56 Å². The normalized spacial score (nSPS) is 11.5. The number of nitrogens with zero attached hydrogens (tertiary/aromatic N) is 1. The summed E-state index contributed by atoms with van der Waals surface area (Å²) in [7, 11) is 0. The number of rotatable bonds is 3. The highest BCUT2D eigenvalue weighted by Crippen LogP contribution is 2.04. The molecule has 0 amide bonds. The molecule has 0 unspecified atom stereocenters. The van der Waals surface area contributed by atoms with Crippen molar-refractivity contribution in [1.82, 2.24) is 0 Å². The van der Waals surface area contributed by atoms with Gasteiger partial charge in [-0.1, -0.05) is 30.3 Å². The van der Waals surface area contributed by atoms with Crippen LogP contribution in [0.3, 0.4) is 0 Å². The second kappa shape index (κ2) is 5.25. The average Bonchev–Trinajstić information content (AvgIpc) is 2.38. The fraction of sp³-hybridized carbons (Fsp3) is 0.0714. The predicted molar refractivity (Wildman–Crippen MR) is 67.3 cm³/mol. The minimum absolute atomic E-state index is 0.274. The highest BCUT2D eigenvalue weighted by Gasteiger charge is 1.98. The van der Waals surface area contributed by atoms with Crippen LogP contribution in [-0.2, 0) is 6.54 Å². The van der Waals surface area contributed by atoms with Crippen molar-refractivity contribution in [1.29, 1.82) is 0 Å². The quantitative estimate of drug-likeness (QED) is 0.636. The Morgan fingerprint density at radius 2 is 1.65 bits per heavy atom. The minimum atomic E-state index is -0.274. The Morgan fingerprint density at radius 1 is 1.00 bits per heavy atom. The molecule has 2 rings (SSSR count). The highest BCUT2D eigenvalue weighted by atomic mass is 19.1. The van der Waals surface area contributed by atoms with E-state index in [-0.39, 0.29) is 5.82 Å². The Hall–Kier alpha value is -2.16. The van der Waals surface area contributed by atoms with Gasteiger partial charge in [0.2, 0.25) is 0 Å². The monoisotopic (exact) mass is 228 g/mol. The molecule has 0 fully saturated rings. The summed E-state index contributed by atoms with van der Waals surface area (Å²) in [6.07, 6.45) is 0. The van der Waals surface area contributed by atoms with E-state index in [2.05, 4.69) is 4.99 Å². The molecule has 3 heteroatoms. The van der Waals surface area contributed by atoms with Crippen molar-refractivity contribution in [2.45, 2.75) is 6.54 Å². The molecule has 0 bridgehead atoms. The molecule has 86 valence electrons. The van der Waals surface area contributed by atoms with E-state index >= 15 is 0 Å². The van der Waals surface area contributed by atoms with Crippen LogP contribution in [0, 0.1) is 5.82 Å². The molecule has 0 aromatic heterocycles. The standard InChI is InChI=1S/C14H13FN2/c15-13-8-6-12(7-9-13)14(16)17-10-11-4-2-1-3-5-11/h1-9H,10H2,(H2,16,17). The lowest BCUT2D eigenvalue weighted by Crippen LogP contribution is -2.13. The molecule has 0 saturated heterocycles. The fourth-order valence-electron chi connectivity index (χ4n) is 1.47. The first-order chi connectivity index (χ1) is 8.25. The van der Waals surface area contributed by atoms with Crippen LogP contribution < -0.4 is 5.73 Å². The number of hydrogen-bond donors (Lipinski definition) is 1. The number of aliphatic imine (C=N–C) groups is 1. The number of benzene rings is 2. The molecular formula is C14H13FN2. The van der Waals surface area contributed by atoms with Crippen LogP contribution in [-0.4, -0.2) is 5.84 Å². The van der Waals surface area contributed by atoms with Crippen LogP contribution in [0.1, 0.15) is 11.1 Å². The molecule has 0 saturated carbocycles. The van der Waals surface area contributed by atoms with Crippen molar-refractivity contribution in [3.05, 3.63) is 71.5 Å². The maximum atomic E-state index is 12.7. The molecule has 0 radical (unpaired) electrons. The molecule has 0 heterocycles. The predicted octanol–water partition coefficient (Wildman–Crippen LogP) is 2.73. The van der Waals surface area contributed by atoms with Crippen molar-refractivity contribution in [3.63, 3.8) is 0 Å². The van der Waals surface area contributed by atoms with Crippen LogP contribution in [0.5, 0.6) is 0 Å². The lowest BCUT2D eigenvalue weighted by molar-refractivity contribution is 0.628. The number of hydrogen-bond acceptors (Lipinski definition) is 1. The molecule has 0 atom stereocenters. The smallest absolute Gasteiger partial charge is 0.125 e. The zero-order chi connectivity index (χ0) is 12.1. The Labute approximate surface area is 99.6 Å². The third-order valence-electron chi connectivity index (χ3n) is 2.41. The van der Waals surface area contributed by atoms with Crippen LogP contribution in [0.15, 0.2) is 59.6 Å². The Morgan fingerprint density at radius 3 is 2.29 bits per heavy atom. The van der Waals surface area contributed by atoms with Gasteiger partial charge in [-0.2, -0.15) is 0 Å². The number of amidine groups is 1. The van der Waals surface area contributed by atoms with E-state index in [1.54, 1.807) is 12.1 Å². The van der Waals surface area contributed by atoms with Gasteiger partial charge in [-0.3, -0.25) is 4.99 Å². The summed E-state index contributed by atoms with van der Waals surface area (Å²) >= 11 is 0. The van der Waals surface area contributed by atoms with E-state index in [9.17, 15) is 4.39 Å². The summed E-state index contributed by atoms with van der Waals surface area (Å²) in [5.41, 5.74) is 7.65. The van der Waals surface area contributed by atoms with Gasteiger partial charge in [-0.15, -0.1) is 0 Å². The SMILES string of the molecule is NC(=NCc1ccccc1)c1ccc(F)cc1. The largest absolute Gasteiger partial charge is 0.383 e.